The summed E-state index contributed by atoms with van der Waals surface area (Å²) < 4.78 is 23.6. The summed E-state index contributed by atoms with van der Waals surface area (Å²) in [6.07, 6.45) is 9.23. The summed E-state index contributed by atoms with van der Waals surface area (Å²) in [5, 5.41) is 0.295. The van der Waals surface area contributed by atoms with Gasteiger partial charge in [0.1, 0.15) is 0 Å². The van der Waals surface area contributed by atoms with E-state index in [4.69, 9.17) is 11.6 Å². The van der Waals surface area contributed by atoms with E-state index in [2.05, 4.69) is 17.1 Å². The fourth-order valence-electron chi connectivity index (χ4n) is 3.73. The van der Waals surface area contributed by atoms with Crippen LogP contribution in [0.1, 0.15) is 54.8 Å². The lowest BCUT2D eigenvalue weighted by atomic mass is 9.85. The number of hydrogen-bond donors (Lipinski definition) is 0. The first-order chi connectivity index (χ1) is 11.8. The lowest BCUT2D eigenvalue weighted by molar-refractivity contribution is 0.468. The van der Waals surface area contributed by atoms with Gasteiger partial charge in [0.2, 0.25) is 0 Å². The lowest BCUT2D eigenvalue weighted by Gasteiger charge is -2.21. The fraction of sp³-hybridized carbons (Fsp3) is 0.450. The molecule has 3 nitrogen and oxygen atoms in total. The molecule has 25 heavy (non-hydrogen) atoms. The summed E-state index contributed by atoms with van der Waals surface area (Å²) in [6, 6.07) is 9.48. The number of hydrogen-bond acceptors (Lipinski definition) is 3. The van der Waals surface area contributed by atoms with Gasteiger partial charge in [-0.3, -0.25) is 4.98 Å². The number of aromatic nitrogens is 1. The van der Waals surface area contributed by atoms with E-state index in [0.29, 0.717) is 10.9 Å². The van der Waals surface area contributed by atoms with E-state index in [0.717, 1.165) is 23.2 Å². The molecule has 3 rings (SSSR count). The zero-order chi connectivity index (χ0) is 18.0. The van der Waals surface area contributed by atoms with Crippen molar-refractivity contribution in [3.63, 3.8) is 0 Å². The summed E-state index contributed by atoms with van der Waals surface area (Å²) in [6.45, 7) is 2.03. The average molecular weight is 378 g/mol. The van der Waals surface area contributed by atoms with E-state index < -0.39 is 9.84 Å². The Morgan fingerprint density at radius 1 is 1.20 bits per heavy atom. The molecule has 0 bridgehead atoms. The molecular formula is C20H24ClNO2S. The van der Waals surface area contributed by atoms with Crippen LogP contribution < -0.4 is 0 Å². The molecule has 0 saturated heterocycles. The van der Waals surface area contributed by atoms with Crippen molar-refractivity contribution in [1.29, 1.82) is 0 Å². The van der Waals surface area contributed by atoms with Crippen molar-refractivity contribution in [1.82, 2.24) is 4.98 Å². The molecular weight excluding hydrogens is 354 g/mol. The highest BCUT2D eigenvalue weighted by Crippen LogP contribution is 2.38. The third kappa shape index (κ3) is 4.42. The van der Waals surface area contributed by atoms with Gasteiger partial charge in [0.05, 0.1) is 9.92 Å². The van der Waals surface area contributed by atoms with Crippen LogP contribution in [0.25, 0.3) is 0 Å². The molecule has 1 atom stereocenters. The van der Waals surface area contributed by atoms with Crippen LogP contribution in [0.2, 0.25) is 5.02 Å². The number of rotatable bonds is 5. The first-order valence-corrected chi connectivity index (χ1v) is 11.0. The minimum absolute atomic E-state index is 0.148. The summed E-state index contributed by atoms with van der Waals surface area (Å²) in [7, 11) is -3.32. The quantitative estimate of drug-likeness (QED) is 0.723. The number of benzene rings is 1. The second kappa shape index (κ2) is 7.46. The molecule has 1 aromatic heterocycles. The highest BCUT2D eigenvalue weighted by molar-refractivity contribution is 7.90. The first kappa shape index (κ1) is 18.4. The number of halogens is 1. The van der Waals surface area contributed by atoms with Crippen molar-refractivity contribution >= 4 is 21.4 Å². The van der Waals surface area contributed by atoms with Gasteiger partial charge in [0.25, 0.3) is 0 Å². The summed E-state index contributed by atoms with van der Waals surface area (Å²) >= 11 is 6.29. The second-order valence-electron chi connectivity index (χ2n) is 7.16. The fourth-order valence-corrected chi connectivity index (χ4v) is 5.06. The van der Waals surface area contributed by atoms with Gasteiger partial charge >= 0.3 is 0 Å². The predicted molar refractivity (Wildman–Crippen MR) is 102 cm³/mol. The van der Waals surface area contributed by atoms with Crippen molar-refractivity contribution in [2.24, 2.45) is 5.92 Å². The van der Waals surface area contributed by atoms with Crippen LogP contribution in [0.3, 0.4) is 0 Å². The molecule has 1 fully saturated rings. The molecule has 1 heterocycles. The summed E-state index contributed by atoms with van der Waals surface area (Å²) in [5.41, 5.74) is 3.20. The highest BCUT2D eigenvalue weighted by atomic mass is 35.5. The van der Waals surface area contributed by atoms with Gasteiger partial charge in [-0.1, -0.05) is 49.4 Å². The van der Waals surface area contributed by atoms with Crippen molar-refractivity contribution in [2.75, 3.05) is 6.26 Å². The third-order valence-corrected chi connectivity index (χ3v) is 6.67. The molecule has 1 unspecified atom stereocenters. The Kier molecular flexibility index (Phi) is 5.49. The van der Waals surface area contributed by atoms with Crippen molar-refractivity contribution in [2.45, 2.75) is 49.8 Å². The van der Waals surface area contributed by atoms with Gasteiger partial charge in [-0.25, -0.2) is 8.42 Å². The van der Waals surface area contributed by atoms with Gasteiger partial charge in [0.15, 0.2) is 9.84 Å². The molecule has 0 radical (unpaired) electrons. The molecule has 1 aliphatic rings. The standard InChI is InChI=1S/C20H24ClNO2S/c1-14-7-9-19(22-13-14)17(11-15-5-3-4-6-15)16-8-10-20(18(21)12-16)25(2,23)24/h7-10,12-13,15,17H,3-6,11H2,1-2H3. The van der Waals surface area contributed by atoms with E-state index in [1.54, 1.807) is 12.1 Å². The smallest absolute Gasteiger partial charge is 0.176 e. The molecule has 0 N–H and O–H groups in total. The van der Waals surface area contributed by atoms with E-state index in [9.17, 15) is 8.42 Å². The van der Waals surface area contributed by atoms with Crippen molar-refractivity contribution < 1.29 is 8.42 Å². The van der Waals surface area contributed by atoms with Crippen LogP contribution in [0.4, 0.5) is 0 Å². The Hall–Kier alpha value is -1.39. The summed E-state index contributed by atoms with van der Waals surface area (Å²) in [5.74, 6) is 0.844. The Morgan fingerprint density at radius 3 is 2.48 bits per heavy atom. The van der Waals surface area contributed by atoms with Crippen LogP contribution in [-0.2, 0) is 9.84 Å². The third-order valence-electron chi connectivity index (χ3n) is 5.09. The van der Waals surface area contributed by atoms with E-state index in [-0.39, 0.29) is 10.8 Å². The molecule has 1 aliphatic carbocycles. The molecule has 0 amide bonds. The Balaban J connectivity index is 1.98. The maximum Gasteiger partial charge on any atom is 0.176 e. The van der Waals surface area contributed by atoms with Gasteiger partial charge in [0, 0.05) is 24.1 Å². The summed E-state index contributed by atoms with van der Waals surface area (Å²) in [4.78, 5) is 4.83. The van der Waals surface area contributed by atoms with Crippen LogP contribution in [0, 0.1) is 12.8 Å². The van der Waals surface area contributed by atoms with Crippen LogP contribution >= 0.6 is 11.6 Å². The molecule has 1 aromatic carbocycles. The minimum atomic E-state index is -3.32. The average Bonchev–Trinajstić information content (AvgIpc) is 3.05. The van der Waals surface area contributed by atoms with E-state index in [1.165, 1.54) is 31.9 Å². The Morgan fingerprint density at radius 2 is 1.92 bits per heavy atom. The molecule has 0 spiro atoms. The van der Waals surface area contributed by atoms with Crippen LogP contribution in [0.5, 0.6) is 0 Å². The first-order valence-electron chi connectivity index (χ1n) is 8.76. The topological polar surface area (TPSA) is 47.0 Å². The number of sulfone groups is 1. The van der Waals surface area contributed by atoms with Gasteiger partial charge in [-0.05, 0) is 48.6 Å². The number of pyridine rings is 1. The minimum Gasteiger partial charge on any atom is -0.260 e. The monoisotopic (exact) mass is 377 g/mol. The largest absolute Gasteiger partial charge is 0.260 e. The van der Waals surface area contributed by atoms with Crippen LogP contribution in [-0.4, -0.2) is 19.7 Å². The molecule has 134 valence electrons. The zero-order valence-corrected chi connectivity index (χ0v) is 16.3. The number of aryl methyl sites for hydroxylation is 1. The maximum atomic E-state index is 11.8. The maximum absolute atomic E-state index is 11.8. The van der Waals surface area contributed by atoms with E-state index in [1.807, 2.05) is 19.2 Å². The molecule has 5 heteroatoms. The van der Waals surface area contributed by atoms with Crippen molar-refractivity contribution in [3.05, 3.63) is 58.4 Å². The van der Waals surface area contributed by atoms with E-state index >= 15 is 0 Å². The Labute approximate surface area is 155 Å². The number of nitrogens with zero attached hydrogens (tertiary/aromatic N) is 1. The Bertz CT molecular complexity index is 840. The van der Waals surface area contributed by atoms with Gasteiger partial charge < -0.3 is 0 Å². The van der Waals surface area contributed by atoms with Crippen molar-refractivity contribution in [3.8, 4) is 0 Å². The molecule has 1 saturated carbocycles. The van der Waals surface area contributed by atoms with Gasteiger partial charge in [-0.2, -0.15) is 0 Å². The van der Waals surface area contributed by atoms with Gasteiger partial charge in [-0.15, -0.1) is 0 Å². The molecule has 0 aliphatic heterocycles. The zero-order valence-electron chi connectivity index (χ0n) is 14.7. The SMILES string of the molecule is Cc1ccc(C(CC2CCCC2)c2ccc(S(C)(=O)=O)c(Cl)c2)nc1. The predicted octanol–water partition coefficient (Wildman–Crippen LogP) is 5.16. The second-order valence-corrected chi connectivity index (χ2v) is 9.55. The highest BCUT2D eigenvalue weighted by Gasteiger charge is 2.25. The van der Waals surface area contributed by atoms with Crippen LogP contribution in [0.15, 0.2) is 41.4 Å². The normalized spacial score (nSPS) is 16.9. The molecule has 2 aromatic rings. The lowest BCUT2D eigenvalue weighted by Crippen LogP contribution is -2.09.